The van der Waals surface area contributed by atoms with Gasteiger partial charge in [0.05, 0.1) is 44.5 Å². The fourth-order valence-corrected chi connectivity index (χ4v) is 5.47. The summed E-state index contributed by atoms with van der Waals surface area (Å²) in [5, 5.41) is 20.7. The van der Waals surface area contributed by atoms with Gasteiger partial charge in [0.2, 0.25) is 0 Å². The van der Waals surface area contributed by atoms with Crippen molar-refractivity contribution >= 4 is 11.7 Å². The number of hydrogen-bond acceptors (Lipinski definition) is 10. The second kappa shape index (κ2) is 18.4. The Labute approximate surface area is 286 Å². The first kappa shape index (κ1) is 36.7. The number of aliphatic hydroxyl groups is 1. The average Bonchev–Trinajstić information content (AvgIpc) is 3.14. The minimum Gasteiger partial charge on any atom is -0.497 e. The number of aliphatic hydroxyl groups excluding tert-OH is 1. The van der Waals surface area contributed by atoms with Crippen LogP contribution in [0, 0.1) is 10.1 Å². The Morgan fingerprint density at radius 1 is 0.735 bits per heavy atom. The van der Waals surface area contributed by atoms with Crippen molar-refractivity contribution in [1.29, 1.82) is 0 Å². The molecule has 0 aliphatic carbocycles. The molecular weight excluding hydrogens is 630 g/mol. The highest BCUT2D eigenvalue weighted by Crippen LogP contribution is 2.42. The smallest absolute Gasteiger partial charge is 0.306 e. The van der Waals surface area contributed by atoms with Gasteiger partial charge < -0.3 is 33.5 Å². The number of carbonyl (C=O) groups is 1. The van der Waals surface area contributed by atoms with Crippen LogP contribution in [-0.2, 0) is 26.5 Å². The molecule has 0 saturated heterocycles. The zero-order valence-electron chi connectivity index (χ0n) is 28.1. The Morgan fingerprint density at radius 2 is 1.35 bits per heavy atom. The number of ether oxygens (including phenoxy) is 6. The van der Waals surface area contributed by atoms with Crippen molar-refractivity contribution in [1.82, 2.24) is 0 Å². The number of unbranched alkanes of at least 4 members (excludes halogenated alkanes) is 2. The molecule has 4 aromatic rings. The second-order valence-electron chi connectivity index (χ2n) is 11.1. The molecule has 0 unspecified atom stereocenters. The predicted octanol–water partition coefficient (Wildman–Crippen LogP) is 6.99. The summed E-state index contributed by atoms with van der Waals surface area (Å²) in [6.45, 7) is 0.211. The summed E-state index contributed by atoms with van der Waals surface area (Å²) in [5.41, 5.74) is 1.85. The highest BCUT2D eigenvalue weighted by Gasteiger charge is 2.37. The van der Waals surface area contributed by atoms with Crippen molar-refractivity contribution < 1.29 is 43.2 Å². The van der Waals surface area contributed by atoms with Crippen molar-refractivity contribution in [3.63, 3.8) is 0 Å². The molecule has 0 aromatic heterocycles. The van der Waals surface area contributed by atoms with E-state index in [-0.39, 0.29) is 49.0 Å². The van der Waals surface area contributed by atoms with E-state index in [0.717, 1.165) is 28.2 Å². The van der Waals surface area contributed by atoms with Gasteiger partial charge in [-0.2, -0.15) is 0 Å². The third kappa shape index (κ3) is 9.49. The second-order valence-corrected chi connectivity index (χ2v) is 11.1. The fourth-order valence-electron chi connectivity index (χ4n) is 5.47. The lowest BCUT2D eigenvalue weighted by atomic mass is 9.80. The third-order valence-electron chi connectivity index (χ3n) is 8.03. The van der Waals surface area contributed by atoms with Crippen molar-refractivity contribution in [2.75, 3.05) is 41.2 Å². The van der Waals surface area contributed by atoms with Gasteiger partial charge in [-0.25, -0.2) is 0 Å². The summed E-state index contributed by atoms with van der Waals surface area (Å²) in [6, 6.07) is 28.4. The summed E-state index contributed by atoms with van der Waals surface area (Å²) < 4.78 is 33.9. The number of nitro benzene ring substituents is 1. The molecule has 49 heavy (non-hydrogen) atoms. The molecule has 4 rings (SSSR count). The molecule has 0 heterocycles. The number of benzene rings is 4. The molecule has 0 saturated carbocycles. The Hall–Kier alpha value is -5.13. The predicted molar refractivity (Wildman–Crippen MR) is 183 cm³/mol. The van der Waals surface area contributed by atoms with Crippen LogP contribution in [-0.4, -0.2) is 57.1 Å². The highest BCUT2D eigenvalue weighted by atomic mass is 16.6. The standard InChI is InChI=1S/C38H43NO10/c1-44-32-18-14-30(15-19-32)38(29-11-6-4-7-12-29,31-16-20-33(45-2)21-17-31)49-24-9-5-8-13-37(41)48-27-28-25-35(46-3)36(47-23-10-22-40)26-34(28)39(42)43/h4,6-7,11-12,14-21,25-26,40H,5,8-10,13,22-24,27H2,1-3H3. The molecule has 0 aliphatic rings. The SMILES string of the molecule is COc1ccc(C(OCCCCCC(=O)OCc2cc(OC)c(OCCCO)cc2[N+](=O)[O-])(c2ccccc2)c2ccc(OC)cc2)cc1. The van der Waals surface area contributed by atoms with E-state index in [4.69, 9.17) is 33.5 Å². The quantitative estimate of drug-likeness (QED) is 0.0344. The maximum absolute atomic E-state index is 12.6. The molecule has 11 nitrogen and oxygen atoms in total. The number of esters is 1. The average molecular weight is 674 g/mol. The lowest BCUT2D eigenvalue weighted by molar-refractivity contribution is -0.385. The van der Waals surface area contributed by atoms with Gasteiger partial charge in [0.15, 0.2) is 11.5 Å². The summed E-state index contributed by atoms with van der Waals surface area (Å²) in [6.07, 6.45) is 2.43. The van der Waals surface area contributed by atoms with E-state index in [9.17, 15) is 14.9 Å². The van der Waals surface area contributed by atoms with Crippen molar-refractivity contribution in [3.8, 4) is 23.0 Å². The van der Waals surface area contributed by atoms with Crippen molar-refractivity contribution in [3.05, 3.63) is 123 Å². The molecule has 0 radical (unpaired) electrons. The van der Waals surface area contributed by atoms with Gasteiger partial charge in [0, 0.05) is 26.1 Å². The lowest BCUT2D eigenvalue weighted by Crippen LogP contribution is -2.33. The highest BCUT2D eigenvalue weighted by molar-refractivity contribution is 5.69. The maximum atomic E-state index is 12.6. The van der Waals surface area contributed by atoms with Crippen LogP contribution < -0.4 is 18.9 Å². The van der Waals surface area contributed by atoms with E-state index >= 15 is 0 Å². The zero-order chi connectivity index (χ0) is 35.1. The summed E-state index contributed by atoms with van der Waals surface area (Å²) >= 11 is 0. The number of carbonyl (C=O) groups excluding carboxylic acids is 1. The Bertz CT molecular complexity index is 1580. The number of rotatable bonds is 20. The van der Waals surface area contributed by atoms with Crippen LogP contribution in [0.2, 0.25) is 0 Å². The van der Waals surface area contributed by atoms with Gasteiger partial charge in [-0.05, 0) is 59.9 Å². The van der Waals surface area contributed by atoms with Gasteiger partial charge in [-0.3, -0.25) is 14.9 Å². The molecule has 0 bridgehead atoms. The van der Waals surface area contributed by atoms with Crippen LogP contribution in [0.4, 0.5) is 5.69 Å². The number of nitro groups is 1. The molecule has 0 spiro atoms. The normalized spacial score (nSPS) is 11.1. The van der Waals surface area contributed by atoms with Crippen molar-refractivity contribution in [2.24, 2.45) is 0 Å². The van der Waals surface area contributed by atoms with Crippen molar-refractivity contribution in [2.45, 2.75) is 44.3 Å². The van der Waals surface area contributed by atoms with Gasteiger partial charge in [-0.1, -0.05) is 61.0 Å². The maximum Gasteiger partial charge on any atom is 0.306 e. The van der Waals surface area contributed by atoms with E-state index in [1.165, 1.54) is 19.2 Å². The minimum atomic E-state index is -0.923. The summed E-state index contributed by atoms with van der Waals surface area (Å²) in [7, 11) is 4.68. The van der Waals surface area contributed by atoms with E-state index < -0.39 is 16.5 Å². The largest absolute Gasteiger partial charge is 0.497 e. The van der Waals surface area contributed by atoms with E-state index in [0.29, 0.717) is 32.3 Å². The summed E-state index contributed by atoms with van der Waals surface area (Å²) in [5.74, 6) is 1.45. The summed E-state index contributed by atoms with van der Waals surface area (Å²) in [4.78, 5) is 23.8. The Kier molecular flexibility index (Phi) is 13.8. The number of nitrogens with zero attached hydrogens (tertiary/aromatic N) is 1. The van der Waals surface area contributed by atoms with E-state index in [1.54, 1.807) is 14.2 Å². The van der Waals surface area contributed by atoms with Crippen LogP contribution >= 0.6 is 0 Å². The molecule has 0 amide bonds. The fraction of sp³-hybridized carbons (Fsp3) is 0.342. The first-order valence-electron chi connectivity index (χ1n) is 16.1. The molecule has 0 atom stereocenters. The van der Waals surface area contributed by atoms with Crippen LogP contribution in [0.15, 0.2) is 91.0 Å². The first-order chi connectivity index (χ1) is 23.9. The molecular formula is C38H43NO10. The molecule has 1 N–H and O–H groups in total. The van der Waals surface area contributed by atoms with Gasteiger partial charge in [0.1, 0.15) is 23.7 Å². The lowest BCUT2D eigenvalue weighted by Gasteiger charge is -2.36. The molecule has 4 aromatic carbocycles. The van der Waals surface area contributed by atoms with Gasteiger partial charge >= 0.3 is 5.97 Å². The van der Waals surface area contributed by atoms with E-state index in [1.807, 2.05) is 78.9 Å². The monoisotopic (exact) mass is 673 g/mol. The zero-order valence-corrected chi connectivity index (χ0v) is 28.1. The van der Waals surface area contributed by atoms with Crippen LogP contribution in [0.25, 0.3) is 0 Å². The number of methoxy groups -OCH3 is 3. The van der Waals surface area contributed by atoms with Crippen LogP contribution in [0.1, 0.15) is 54.4 Å². The Balaban J connectivity index is 1.40. The van der Waals surface area contributed by atoms with E-state index in [2.05, 4.69) is 0 Å². The Morgan fingerprint density at radius 3 is 1.90 bits per heavy atom. The third-order valence-corrected chi connectivity index (χ3v) is 8.03. The molecule has 260 valence electrons. The number of hydrogen-bond donors (Lipinski definition) is 1. The van der Waals surface area contributed by atoms with Gasteiger partial charge in [0.25, 0.3) is 5.69 Å². The van der Waals surface area contributed by atoms with Gasteiger partial charge in [-0.15, -0.1) is 0 Å². The van der Waals surface area contributed by atoms with Crippen LogP contribution in [0.5, 0.6) is 23.0 Å². The molecule has 11 heteroatoms. The molecule has 0 fully saturated rings. The topological polar surface area (TPSA) is 136 Å². The minimum absolute atomic E-state index is 0.0761. The molecule has 0 aliphatic heterocycles. The van der Waals surface area contributed by atoms with Crippen LogP contribution in [0.3, 0.4) is 0 Å². The first-order valence-corrected chi connectivity index (χ1v) is 16.1.